The Kier molecular flexibility index (Phi) is 4.84. The van der Waals surface area contributed by atoms with Gasteiger partial charge in [0.25, 0.3) is 0 Å². The Morgan fingerprint density at radius 2 is 2.00 bits per heavy atom. The maximum absolute atomic E-state index is 6.63. The van der Waals surface area contributed by atoms with Crippen LogP contribution in [0.2, 0.25) is 5.02 Å². The van der Waals surface area contributed by atoms with Gasteiger partial charge in [-0.2, -0.15) is 0 Å². The summed E-state index contributed by atoms with van der Waals surface area (Å²) in [5.41, 5.74) is 1.55. The molecule has 1 fully saturated rings. The Morgan fingerprint density at radius 1 is 1.26 bits per heavy atom. The first-order chi connectivity index (χ1) is 8.88. The molecule has 1 aliphatic carbocycles. The lowest BCUT2D eigenvalue weighted by Gasteiger charge is -2.42. The van der Waals surface area contributed by atoms with E-state index < -0.39 is 0 Å². The summed E-state index contributed by atoms with van der Waals surface area (Å²) < 4.78 is 0. The van der Waals surface area contributed by atoms with Crippen molar-refractivity contribution < 1.29 is 0 Å². The number of halogens is 2. The maximum atomic E-state index is 6.63. The Bertz CT molecular complexity index is 425. The molecule has 0 saturated heterocycles. The third-order valence-corrected chi connectivity index (χ3v) is 5.30. The van der Waals surface area contributed by atoms with Crippen molar-refractivity contribution in [2.75, 3.05) is 0 Å². The Balaban J connectivity index is 2.09. The average Bonchev–Trinajstić information content (AvgIpc) is 2.27. The molecule has 0 nitrogen and oxygen atoms in total. The van der Waals surface area contributed by atoms with Crippen molar-refractivity contribution in [3.63, 3.8) is 0 Å². The molecule has 0 radical (unpaired) electrons. The molecule has 2 rings (SSSR count). The molecule has 0 aliphatic heterocycles. The van der Waals surface area contributed by atoms with Crippen LogP contribution in [-0.2, 0) is 6.42 Å². The minimum absolute atomic E-state index is 0.233. The van der Waals surface area contributed by atoms with E-state index in [4.69, 9.17) is 23.2 Å². The van der Waals surface area contributed by atoms with E-state index in [9.17, 15) is 0 Å². The van der Waals surface area contributed by atoms with E-state index in [-0.39, 0.29) is 5.41 Å². The van der Waals surface area contributed by atoms with Gasteiger partial charge in [0, 0.05) is 10.4 Å². The molecule has 3 atom stereocenters. The van der Waals surface area contributed by atoms with Gasteiger partial charge in [-0.1, -0.05) is 50.9 Å². The van der Waals surface area contributed by atoms with Crippen LogP contribution in [0.4, 0.5) is 0 Å². The maximum Gasteiger partial charge on any atom is 0.0408 e. The fourth-order valence-corrected chi connectivity index (χ4v) is 4.48. The van der Waals surface area contributed by atoms with Crippen LogP contribution in [0, 0.1) is 17.3 Å². The minimum atomic E-state index is 0.233. The van der Waals surface area contributed by atoms with Crippen molar-refractivity contribution in [3.8, 4) is 0 Å². The second kappa shape index (κ2) is 6.06. The normalized spacial score (nSPS) is 28.4. The molecule has 0 spiro atoms. The predicted molar refractivity (Wildman–Crippen MR) is 85.1 cm³/mol. The number of hydrogen-bond acceptors (Lipinski definition) is 0. The van der Waals surface area contributed by atoms with E-state index in [1.54, 1.807) is 0 Å². The molecule has 1 aliphatic rings. The smallest absolute Gasteiger partial charge is 0.0408 e. The summed E-state index contributed by atoms with van der Waals surface area (Å²) >= 11 is 12.7. The zero-order chi connectivity index (χ0) is 14.0. The molecule has 0 aromatic heterocycles. The highest BCUT2D eigenvalue weighted by atomic mass is 35.5. The van der Waals surface area contributed by atoms with Crippen LogP contribution < -0.4 is 0 Å². The molecule has 1 saturated carbocycles. The lowest BCUT2D eigenvalue weighted by molar-refractivity contribution is 0.142. The van der Waals surface area contributed by atoms with Gasteiger partial charge in [0.2, 0.25) is 0 Å². The minimum Gasteiger partial charge on any atom is -0.123 e. The van der Waals surface area contributed by atoms with Gasteiger partial charge in [-0.3, -0.25) is 0 Å². The molecular weight excluding hydrogens is 275 g/mol. The molecule has 0 amide bonds. The van der Waals surface area contributed by atoms with Crippen LogP contribution in [0.5, 0.6) is 0 Å². The first-order valence-electron chi connectivity index (χ1n) is 7.27. The summed E-state index contributed by atoms with van der Waals surface area (Å²) in [6.07, 6.45) is 4.77. The molecule has 3 unspecified atom stereocenters. The molecule has 0 N–H and O–H groups in total. The summed E-state index contributed by atoms with van der Waals surface area (Å²) in [6.45, 7) is 7.02. The fourth-order valence-electron chi connectivity index (χ4n) is 3.50. The van der Waals surface area contributed by atoms with Crippen molar-refractivity contribution in [2.45, 2.75) is 51.8 Å². The topological polar surface area (TPSA) is 0 Å². The van der Waals surface area contributed by atoms with Crippen LogP contribution in [0.15, 0.2) is 24.3 Å². The van der Waals surface area contributed by atoms with Gasteiger partial charge in [-0.05, 0) is 54.2 Å². The predicted octanol–water partition coefficient (Wildman–Crippen LogP) is 5.95. The monoisotopic (exact) mass is 298 g/mol. The standard InChI is InChI=1S/C17H24Cl2/c1-12-7-8-15(16(19)9-12)17(2,3)11-13-5-4-6-14(18)10-13/h4-6,10,12,15-16H,7-9,11H2,1-3H3. The zero-order valence-electron chi connectivity index (χ0n) is 12.1. The first kappa shape index (κ1) is 15.2. The third kappa shape index (κ3) is 3.89. The van der Waals surface area contributed by atoms with Gasteiger partial charge in [-0.15, -0.1) is 11.6 Å². The van der Waals surface area contributed by atoms with Gasteiger partial charge in [-0.25, -0.2) is 0 Å². The van der Waals surface area contributed by atoms with Crippen molar-refractivity contribution >= 4 is 23.2 Å². The van der Waals surface area contributed by atoms with Crippen LogP contribution >= 0.6 is 23.2 Å². The third-order valence-electron chi connectivity index (χ3n) is 4.59. The van der Waals surface area contributed by atoms with Gasteiger partial charge in [0.15, 0.2) is 0 Å². The van der Waals surface area contributed by atoms with Crippen molar-refractivity contribution in [2.24, 2.45) is 17.3 Å². The van der Waals surface area contributed by atoms with Crippen LogP contribution in [0.3, 0.4) is 0 Å². The van der Waals surface area contributed by atoms with Crippen molar-refractivity contribution in [1.82, 2.24) is 0 Å². The Labute approximate surface area is 127 Å². The highest BCUT2D eigenvalue weighted by molar-refractivity contribution is 6.30. The number of hydrogen-bond donors (Lipinski definition) is 0. The summed E-state index contributed by atoms with van der Waals surface area (Å²) in [7, 11) is 0. The van der Waals surface area contributed by atoms with Crippen molar-refractivity contribution in [3.05, 3.63) is 34.9 Å². The van der Waals surface area contributed by atoms with Crippen LogP contribution in [0.1, 0.15) is 45.6 Å². The fraction of sp³-hybridized carbons (Fsp3) is 0.647. The van der Waals surface area contributed by atoms with E-state index in [0.717, 1.165) is 23.8 Å². The highest BCUT2D eigenvalue weighted by Gasteiger charge is 2.38. The Hall–Kier alpha value is -0.200. The quantitative estimate of drug-likeness (QED) is 0.605. The Morgan fingerprint density at radius 3 is 2.63 bits per heavy atom. The van der Waals surface area contributed by atoms with Crippen molar-refractivity contribution in [1.29, 1.82) is 0 Å². The van der Waals surface area contributed by atoms with Crippen LogP contribution in [0.25, 0.3) is 0 Å². The van der Waals surface area contributed by atoms with E-state index >= 15 is 0 Å². The highest BCUT2D eigenvalue weighted by Crippen LogP contribution is 2.44. The largest absolute Gasteiger partial charge is 0.123 e. The molecule has 106 valence electrons. The second-order valence-electron chi connectivity index (χ2n) is 6.84. The zero-order valence-corrected chi connectivity index (χ0v) is 13.6. The molecule has 0 heterocycles. The molecular formula is C17H24Cl2. The van der Waals surface area contributed by atoms with Gasteiger partial charge in [0.1, 0.15) is 0 Å². The molecule has 0 bridgehead atoms. The van der Waals surface area contributed by atoms with E-state index in [1.165, 1.54) is 18.4 Å². The van der Waals surface area contributed by atoms with E-state index in [0.29, 0.717) is 11.3 Å². The molecule has 1 aromatic carbocycles. The van der Waals surface area contributed by atoms with E-state index in [1.807, 2.05) is 12.1 Å². The van der Waals surface area contributed by atoms with Crippen LogP contribution in [-0.4, -0.2) is 5.38 Å². The van der Waals surface area contributed by atoms with Gasteiger partial charge >= 0.3 is 0 Å². The SMILES string of the molecule is CC1CCC(C(C)(C)Cc2cccc(Cl)c2)C(Cl)C1. The number of benzene rings is 1. The lowest BCUT2D eigenvalue weighted by atomic mass is 9.66. The van der Waals surface area contributed by atoms with Gasteiger partial charge in [0.05, 0.1) is 0 Å². The average molecular weight is 299 g/mol. The molecule has 1 aromatic rings. The van der Waals surface area contributed by atoms with E-state index in [2.05, 4.69) is 32.9 Å². The summed E-state index contributed by atoms with van der Waals surface area (Å²) in [6, 6.07) is 8.22. The number of rotatable bonds is 3. The molecule has 2 heteroatoms. The second-order valence-corrected chi connectivity index (χ2v) is 7.83. The number of alkyl halides is 1. The molecule has 19 heavy (non-hydrogen) atoms. The summed E-state index contributed by atoms with van der Waals surface area (Å²) in [5, 5.41) is 1.14. The summed E-state index contributed by atoms with van der Waals surface area (Å²) in [5.74, 6) is 1.38. The summed E-state index contributed by atoms with van der Waals surface area (Å²) in [4.78, 5) is 0. The lowest BCUT2D eigenvalue weighted by Crippen LogP contribution is -2.37. The first-order valence-corrected chi connectivity index (χ1v) is 8.08. The van der Waals surface area contributed by atoms with Gasteiger partial charge < -0.3 is 0 Å².